The van der Waals surface area contributed by atoms with Crippen molar-refractivity contribution in [3.63, 3.8) is 0 Å². The van der Waals surface area contributed by atoms with Crippen molar-refractivity contribution in [1.29, 1.82) is 0 Å². The minimum absolute atomic E-state index is 0.138. The molecule has 138 valence electrons. The average Bonchev–Trinajstić information content (AvgIpc) is 2.64. The molecular weight excluding hydrogens is 326 g/mol. The largest absolute Gasteiger partial charge is 0.351 e. The number of carbonyl (C=O) groups is 1. The molecule has 0 spiro atoms. The van der Waals surface area contributed by atoms with Gasteiger partial charge in [0.05, 0.1) is 0 Å². The third-order valence-electron chi connectivity index (χ3n) is 4.51. The molecule has 0 saturated heterocycles. The van der Waals surface area contributed by atoms with Crippen LogP contribution in [0, 0.1) is 6.92 Å². The van der Waals surface area contributed by atoms with Crippen LogP contribution >= 0.6 is 0 Å². The molecule has 0 radical (unpaired) electrons. The fraction of sp³-hybridized carbons (Fsp3) is 0.450. The van der Waals surface area contributed by atoms with Gasteiger partial charge in [-0.05, 0) is 58.5 Å². The Morgan fingerprint density at radius 3 is 2.88 bits per heavy atom. The number of hydrogen-bond acceptors (Lipinski definition) is 5. The number of anilines is 2. The normalized spacial score (nSPS) is 13.6. The number of aryl methyl sites for hydroxylation is 2. The Morgan fingerprint density at radius 1 is 1.27 bits per heavy atom. The monoisotopic (exact) mass is 353 g/mol. The number of rotatable bonds is 6. The van der Waals surface area contributed by atoms with E-state index in [1.165, 1.54) is 11.3 Å². The molecule has 0 fully saturated rings. The first kappa shape index (κ1) is 18.3. The lowest BCUT2D eigenvalue weighted by atomic mass is 10.0. The van der Waals surface area contributed by atoms with Gasteiger partial charge in [0.1, 0.15) is 17.3 Å². The molecule has 0 atom stereocenters. The Labute approximate surface area is 155 Å². The molecular formula is C20H27N5O. The number of benzene rings is 1. The van der Waals surface area contributed by atoms with Crippen LogP contribution in [0.25, 0.3) is 0 Å². The van der Waals surface area contributed by atoms with Gasteiger partial charge < -0.3 is 15.1 Å². The predicted octanol–water partition coefficient (Wildman–Crippen LogP) is 2.55. The molecule has 1 amide bonds. The van der Waals surface area contributed by atoms with E-state index in [4.69, 9.17) is 0 Å². The fourth-order valence-electron chi connectivity index (χ4n) is 3.27. The highest BCUT2D eigenvalue weighted by Crippen LogP contribution is 2.32. The van der Waals surface area contributed by atoms with Crippen molar-refractivity contribution in [3.05, 3.63) is 47.4 Å². The van der Waals surface area contributed by atoms with Crippen LogP contribution in [0.3, 0.4) is 0 Å². The molecule has 6 nitrogen and oxygen atoms in total. The van der Waals surface area contributed by atoms with Crippen LogP contribution in [-0.4, -0.2) is 54.5 Å². The predicted molar refractivity (Wildman–Crippen MR) is 104 cm³/mol. The first-order valence-electron chi connectivity index (χ1n) is 9.18. The number of nitrogens with zero attached hydrogens (tertiary/aromatic N) is 4. The van der Waals surface area contributed by atoms with Crippen molar-refractivity contribution >= 4 is 17.4 Å². The second-order valence-electron chi connectivity index (χ2n) is 6.96. The molecule has 2 heterocycles. The fourth-order valence-corrected chi connectivity index (χ4v) is 3.27. The molecule has 0 saturated carbocycles. The molecule has 0 aliphatic carbocycles. The minimum Gasteiger partial charge on any atom is -0.351 e. The van der Waals surface area contributed by atoms with E-state index in [0.29, 0.717) is 18.1 Å². The summed E-state index contributed by atoms with van der Waals surface area (Å²) in [6.07, 6.45) is 3.07. The summed E-state index contributed by atoms with van der Waals surface area (Å²) in [5.74, 6) is 1.27. The van der Waals surface area contributed by atoms with E-state index in [1.54, 1.807) is 6.07 Å². The summed E-state index contributed by atoms with van der Waals surface area (Å²) in [5, 5.41) is 2.96. The third kappa shape index (κ3) is 4.38. The second-order valence-corrected chi connectivity index (χ2v) is 6.96. The Balaban J connectivity index is 1.77. The lowest BCUT2D eigenvalue weighted by molar-refractivity contribution is 0.0947. The molecule has 26 heavy (non-hydrogen) atoms. The Morgan fingerprint density at radius 2 is 2.08 bits per heavy atom. The summed E-state index contributed by atoms with van der Waals surface area (Å²) >= 11 is 0. The molecule has 1 aliphatic heterocycles. The van der Waals surface area contributed by atoms with Gasteiger partial charge in [-0.25, -0.2) is 9.97 Å². The van der Waals surface area contributed by atoms with Gasteiger partial charge in [0.25, 0.3) is 5.91 Å². The number of aromatic nitrogens is 2. The van der Waals surface area contributed by atoms with Crippen molar-refractivity contribution in [3.8, 4) is 0 Å². The Hall–Kier alpha value is -2.47. The van der Waals surface area contributed by atoms with Crippen molar-refractivity contribution < 1.29 is 4.79 Å². The van der Waals surface area contributed by atoms with E-state index in [1.807, 2.05) is 27.1 Å². The molecule has 1 aromatic heterocycles. The van der Waals surface area contributed by atoms with Crippen LogP contribution in [0.1, 0.15) is 34.7 Å². The van der Waals surface area contributed by atoms with E-state index >= 15 is 0 Å². The van der Waals surface area contributed by atoms with Gasteiger partial charge in [-0.1, -0.05) is 18.2 Å². The van der Waals surface area contributed by atoms with Gasteiger partial charge in [0.2, 0.25) is 0 Å². The first-order chi connectivity index (χ1) is 12.5. The van der Waals surface area contributed by atoms with E-state index < -0.39 is 0 Å². The van der Waals surface area contributed by atoms with Crippen molar-refractivity contribution in [1.82, 2.24) is 20.2 Å². The van der Waals surface area contributed by atoms with E-state index in [0.717, 1.165) is 38.2 Å². The van der Waals surface area contributed by atoms with Crippen LogP contribution in [-0.2, 0) is 6.42 Å². The second kappa shape index (κ2) is 8.27. The van der Waals surface area contributed by atoms with Crippen molar-refractivity contribution in [2.45, 2.75) is 26.2 Å². The first-order valence-corrected chi connectivity index (χ1v) is 9.18. The van der Waals surface area contributed by atoms with Gasteiger partial charge in [-0.2, -0.15) is 0 Å². The van der Waals surface area contributed by atoms with Gasteiger partial charge >= 0.3 is 0 Å². The Bertz CT molecular complexity index is 775. The Kier molecular flexibility index (Phi) is 5.83. The highest BCUT2D eigenvalue weighted by atomic mass is 16.1. The minimum atomic E-state index is -0.138. The summed E-state index contributed by atoms with van der Waals surface area (Å²) in [4.78, 5) is 25.7. The van der Waals surface area contributed by atoms with Crippen LogP contribution in [0.4, 0.5) is 11.5 Å². The topological polar surface area (TPSA) is 61.4 Å². The van der Waals surface area contributed by atoms with Gasteiger partial charge in [-0.15, -0.1) is 0 Å². The zero-order valence-corrected chi connectivity index (χ0v) is 15.8. The summed E-state index contributed by atoms with van der Waals surface area (Å²) in [6, 6.07) is 10.2. The zero-order valence-electron chi connectivity index (χ0n) is 15.8. The third-order valence-corrected chi connectivity index (χ3v) is 4.51. The van der Waals surface area contributed by atoms with Crippen molar-refractivity contribution in [2.24, 2.45) is 0 Å². The maximum Gasteiger partial charge on any atom is 0.270 e. The molecule has 0 bridgehead atoms. The maximum absolute atomic E-state index is 12.5. The quantitative estimate of drug-likeness (QED) is 0.809. The summed E-state index contributed by atoms with van der Waals surface area (Å²) in [6.45, 7) is 4.32. The summed E-state index contributed by atoms with van der Waals surface area (Å²) < 4.78 is 0. The van der Waals surface area contributed by atoms with Gasteiger partial charge in [0, 0.05) is 24.8 Å². The number of para-hydroxylation sites is 1. The molecule has 1 aromatic carbocycles. The van der Waals surface area contributed by atoms with Crippen LogP contribution in [0.15, 0.2) is 30.3 Å². The summed E-state index contributed by atoms with van der Waals surface area (Å²) in [7, 11) is 4.05. The van der Waals surface area contributed by atoms with Gasteiger partial charge in [0.15, 0.2) is 0 Å². The van der Waals surface area contributed by atoms with E-state index in [9.17, 15) is 4.79 Å². The highest BCUT2D eigenvalue weighted by Gasteiger charge is 2.20. The van der Waals surface area contributed by atoms with E-state index in [2.05, 4.69) is 43.3 Å². The number of fused-ring (bicyclic) bond motifs is 1. The molecule has 1 N–H and O–H groups in total. The lowest BCUT2D eigenvalue weighted by Gasteiger charge is -2.30. The molecule has 0 unspecified atom stereocenters. The SMILES string of the molecule is Cc1nc(C(=O)NCCCN(C)C)cc(N2CCCc3ccccc32)n1. The number of carbonyl (C=O) groups excluding carboxylic acids is 1. The molecule has 2 aromatic rings. The van der Waals surface area contributed by atoms with Gasteiger partial charge in [-0.3, -0.25) is 4.79 Å². The standard InChI is InChI=1S/C20H27N5O/c1-15-22-17(20(26)21-11-7-12-24(2)3)14-19(23-15)25-13-6-9-16-8-4-5-10-18(16)25/h4-5,8,10,14H,6-7,9,11-13H2,1-3H3,(H,21,26). The van der Waals surface area contributed by atoms with Crippen molar-refractivity contribution in [2.75, 3.05) is 38.6 Å². The number of nitrogens with one attached hydrogen (secondary N) is 1. The molecule has 3 rings (SSSR count). The number of amides is 1. The summed E-state index contributed by atoms with van der Waals surface area (Å²) in [5.41, 5.74) is 2.93. The van der Waals surface area contributed by atoms with Crippen LogP contribution < -0.4 is 10.2 Å². The van der Waals surface area contributed by atoms with Crippen LogP contribution in [0.5, 0.6) is 0 Å². The maximum atomic E-state index is 12.5. The smallest absolute Gasteiger partial charge is 0.270 e. The number of hydrogen-bond donors (Lipinski definition) is 1. The average molecular weight is 353 g/mol. The lowest BCUT2D eigenvalue weighted by Crippen LogP contribution is -2.29. The molecule has 6 heteroatoms. The zero-order chi connectivity index (χ0) is 18.5. The highest BCUT2D eigenvalue weighted by molar-refractivity contribution is 5.93. The molecule has 1 aliphatic rings. The van der Waals surface area contributed by atoms with Crippen LogP contribution in [0.2, 0.25) is 0 Å². The van der Waals surface area contributed by atoms with E-state index in [-0.39, 0.29) is 5.91 Å².